The number of halogens is 1. The minimum absolute atomic E-state index is 0.0621. The van der Waals surface area contributed by atoms with Crippen LogP contribution < -0.4 is 0 Å². The number of benzene rings is 3. The van der Waals surface area contributed by atoms with Crippen molar-refractivity contribution in [1.29, 1.82) is 0 Å². The average Bonchev–Trinajstić information content (AvgIpc) is 3.36. The largest absolute Gasteiger partial charge is 0.338 e. The van der Waals surface area contributed by atoms with Gasteiger partial charge in [0.05, 0.1) is 11.0 Å². The van der Waals surface area contributed by atoms with Crippen molar-refractivity contribution in [3.8, 4) is 0 Å². The van der Waals surface area contributed by atoms with E-state index in [1.807, 2.05) is 29.2 Å². The van der Waals surface area contributed by atoms with Gasteiger partial charge in [0, 0.05) is 32.0 Å². The first-order valence-electron chi connectivity index (χ1n) is 11.2. The number of imidazole rings is 1. The number of nitrogens with zero attached hydrogens (tertiary/aromatic N) is 3. The first kappa shape index (κ1) is 20.4. The topological polar surface area (TPSA) is 38.1 Å². The minimum atomic E-state index is -0.261. The molecule has 1 fully saturated rings. The Morgan fingerprint density at radius 3 is 2.47 bits per heavy atom. The fraction of sp³-hybridized carbons (Fsp3) is 0.259. The molecule has 5 rings (SSSR count). The van der Waals surface area contributed by atoms with E-state index in [4.69, 9.17) is 4.98 Å². The molecule has 1 aromatic heterocycles. The molecule has 0 saturated carbocycles. The number of hydrogen-bond acceptors (Lipinski definition) is 2. The van der Waals surface area contributed by atoms with Gasteiger partial charge in [-0.3, -0.25) is 4.79 Å². The smallest absolute Gasteiger partial charge is 0.223 e. The Labute approximate surface area is 187 Å². The van der Waals surface area contributed by atoms with Crippen molar-refractivity contribution in [2.24, 2.45) is 0 Å². The minimum Gasteiger partial charge on any atom is -0.338 e. The van der Waals surface area contributed by atoms with Crippen LogP contribution >= 0.6 is 0 Å². The Morgan fingerprint density at radius 1 is 0.906 bits per heavy atom. The van der Waals surface area contributed by atoms with Gasteiger partial charge in [-0.1, -0.05) is 54.6 Å². The van der Waals surface area contributed by atoms with E-state index in [0.717, 1.165) is 41.8 Å². The second-order valence-electron chi connectivity index (χ2n) is 8.50. The van der Waals surface area contributed by atoms with Gasteiger partial charge in [0.2, 0.25) is 5.91 Å². The van der Waals surface area contributed by atoms with Gasteiger partial charge in [-0.15, -0.1) is 0 Å². The highest BCUT2D eigenvalue weighted by molar-refractivity contribution is 5.81. The maximum atomic E-state index is 13.2. The van der Waals surface area contributed by atoms with E-state index in [-0.39, 0.29) is 17.6 Å². The lowest BCUT2D eigenvalue weighted by Gasteiger charge is -2.17. The van der Waals surface area contributed by atoms with E-state index in [1.165, 1.54) is 17.7 Å². The summed E-state index contributed by atoms with van der Waals surface area (Å²) in [7, 11) is 0. The molecule has 162 valence electrons. The van der Waals surface area contributed by atoms with Crippen molar-refractivity contribution in [3.63, 3.8) is 0 Å². The van der Waals surface area contributed by atoms with Gasteiger partial charge in [0.1, 0.15) is 11.6 Å². The second-order valence-corrected chi connectivity index (χ2v) is 8.50. The highest BCUT2D eigenvalue weighted by atomic mass is 19.1. The number of amides is 1. The normalized spacial score (nSPS) is 16.2. The van der Waals surface area contributed by atoms with Crippen LogP contribution in [0.5, 0.6) is 0 Å². The SMILES string of the molecule is O=C1CC(c2nc3ccccc3n2CCCc2ccccc2)CN1Cc1ccc(F)cc1. The summed E-state index contributed by atoms with van der Waals surface area (Å²) >= 11 is 0. The van der Waals surface area contributed by atoms with Crippen LogP contribution in [0, 0.1) is 5.82 Å². The predicted molar refractivity (Wildman–Crippen MR) is 124 cm³/mol. The number of rotatable bonds is 7. The average molecular weight is 428 g/mol. The fourth-order valence-corrected chi connectivity index (χ4v) is 4.63. The molecule has 1 unspecified atom stereocenters. The van der Waals surface area contributed by atoms with Gasteiger partial charge in [0.15, 0.2) is 0 Å². The van der Waals surface area contributed by atoms with Crippen LogP contribution in [0.1, 0.15) is 35.7 Å². The van der Waals surface area contributed by atoms with Crippen LogP contribution in [0.25, 0.3) is 11.0 Å². The van der Waals surface area contributed by atoms with Crippen molar-refractivity contribution in [3.05, 3.63) is 102 Å². The van der Waals surface area contributed by atoms with Crippen molar-refractivity contribution < 1.29 is 9.18 Å². The third kappa shape index (κ3) is 4.28. The molecule has 0 N–H and O–H groups in total. The predicted octanol–water partition coefficient (Wildman–Crippen LogP) is 5.32. The molecule has 32 heavy (non-hydrogen) atoms. The summed E-state index contributed by atoms with van der Waals surface area (Å²) in [5.41, 5.74) is 4.38. The second kappa shape index (κ2) is 8.95. The summed E-state index contributed by atoms with van der Waals surface area (Å²) < 4.78 is 15.5. The summed E-state index contributed by atoms with van der Waals surface area (Å²) in [5, 5.41) is 0. The summed E-state index contributed by atoms with van der Waals surface area (Å²) in [5.74, 6) is 0.923. The Balaban J connectivity index is 1.35. The summed E-state index contributed by atoms with van der Waals surface area (Å²) in [6.07, 6.45) is 2.48. The number of aryl methyl sites for hydroxylation is 2. The Morgan fingerprint density at radius 2 is 1.66 bits per heavy atom. The van der Waals surface area contributed by atoms with E-state index in [1.54, 1.807) is 12.1 Å². The lowest BCUT2D eigenvalue weighted by molar-refractivity contribution is -0.128. The number of carbonyl (C=O) groups is 1. The highest BCUT2D eigenvalue weighted by Crippen LogP contribution is 2.31. The molecular weight excluding hydrogens is 401 g/mol. The highest BCUT2D eigenvalue weighted by Gasteiger charge is 2.33. The van der Waals surface area contributed by atoms with E-state index in [9.17, 15) is 9.18 Å². The van der Waals surface area contributed by atoms with Crippen LogP contribution in [0.4, 0.5) is 4.39 Å². The molecule has 1 amide bonds. The Kier molecular flexibility index (Phi) is 5.71. The molecule has 2 heterocycles. The Hall–Kier alpha value is -3.47. The van der Waals surface area contributed by atoms with Crippen LogP contribution in [-0.4, -0.2) is 26.9 Å². The molecule has 3 aromatic carbocycles. The van der Waals surface area contributed by atoms with Gasteiger partial charge in [0.25, 0.3) is 0 Å². The van der Waals surface area contributed by atoms with E-state index in [0.29, 0.717) is 19.5 Å². The zero-order valence-corrected chi connectivity index (χ0v) is 18.0. The molecule has 0 spiro atoms. The molecule has 0 radical (unpaired) electrons. The molecule has 0 bridgehead atoms. The number of fused-ring (bicyclic) bond motifs is 1. The fourth-order valence-electron chi connectivity index (χ4n) is 4.63. The van der Waals surface area contributed by atoms with Gasteiger partial charge in [-0.25, -0.2) is 9.37 Å². The molecule has 1 aliphatic heterocycles. The Bertz CT molecular complexity index is 1220. The molecule has 4 aromatic rings. The zero-order chi connectivity index (χ0) is 21.9. The summed E-state index contributed by atoms with van der Waals surface area (Å²) in [6.45, 7) is 2.01. The third-order valence-electron chi connectivity index (χ3n) is 6.24. The monoisotopic (exact) mass is 427 g/mol. The first-order chi connectivity index (χ1) is 15.7. The van der Waals surface area contributed by atoms with E-state index in [2.05, 4.69) is 34.9 Å². The number of carbonyl (C=O) groups excluding carboxylic acids is 1. The number of hydrogen-bond donors (Lipinski definition) is 0. The summed E-state index contributed by atoms with van der Waals surface area (Å²) in [6, 6.07) is 25.1. The van der Waals surface area contributed by atoms with Crippen molar-refractivity contribution >= 4 is 16.9 Å². The molecular formula is C27H26FN3O. The maximum absolute atomic E-state index is 13.2. The van der Waals surface area contributed by atoms with E-state index >= 15 is 0 Å². The standard InChI is InChI=1S/C27H26FN3O/c28-23-14-12-21(13-15-23)18-30-19-22(17-26(30)32)27-29-24-10-4-5-11-25(24)31(27)16-6-9-20-7-2-1-3-8-20/h1-5,7-8,10-15,22H,6,9,16-19H2. The lowest BCUT2D eigenvalue weighted by atomic mass is 10.1. The molecule has 1 aliphatic rings. The van der Waals surface area contributed by atoms with Gasteiger partial charge < -0.3 is 9.47 Å². The van der Waals surface area contributed by atoms with Gasteiger partial charge in [-0.2, -0.15) is 0 Å². The van der Waals surface area contributed by atoms with Gasteiger partial charge >= 0.3 is 0 Å². The molecule has 5 heteroatoms. The number of likely N-dealkylation sites (tertiary alicyclic amines) is 1. The number of para-hydroxylation sites is 2. The van der Waals surface area contributed by atoms with Crippen LogP contribution in [0.2, 0.25) is 0 Å². The number of aromatic nitrogens is 2. The summed E-state index contributed by atoms with van der Waals surface area (Å²) in [4.78, 5) is 19.6. The van der Waals surface area contributed by atoms with Crippen LogP contribution in [-0.2, 0) is 24.3 Å². The maximum Gasteiger partial charge on any atom is 0.223 e. The van der Waals surface area contributed by atoms with Crippen LogP contribution in [0.3, 0.4) is 0 Å². The first-order valence-corrected chi connectivity index (χ1v) is 11.2. The van der Waals surface area contributed by atoms with Crippen molar-refractivity contribution in [1.82, 2.24) is 14.5 Å². The third-order valence-corrected chi connectivity index (χ3v) is 6.24. The molecule has 1 saturated heterocycles. The van der Waals surface area contributed by atoms with E-state index < -0.39 is 0 Å². The quantitative estimate of drug-likeness (QED) is 0.400. The van der Waals surface area contributed by atoms with Crippen molar-refractivity contribution in [2.45, 2.75) is 38.3 Å². The van der Waals surface area contributed by atoms with Gasteiger partial charge in [-0.05, 0) is 48.2 Å². The molecule has 4 nitrogen and oxygen atoms in total. The molecule has 1 atom stereocenters. The zero-order valence-electron chi connectivity index (χ0n) is 18.0. The van der Waals surface area contributed by atoms with Crippen molar-refractivity contribution in [2.75, 3.05) is 6.54 Å². The lowest BCUT2D eigenvalue weighted by Crippen LogP contribution is -2.24. The van der Waals surface area contributed by atoms with Crippen LogP contribution in [0.15, 0.2) is 78.9 Å². The molecule has 0 aliphatic carbocycles.